The Morgan fingerprint density at radius 2 is 1.68 bits per heavy atom. The zero-order chi connectivity index (χ0) is 13.2. The van der Waals surface area contributed by atoms with Crippen molar-refractivity contribution in [3.05, 3.63) is 0 Å². The molecule has 1 saturated heterocycles. The van der Waals surface area contributed by atoms with E-state index in [1.165, 1.54) is 38.5 Å². The highest BCUT2D eigenvalue weighted by molar-refractivity contribution is 5.81. The second kappa shape index (κ2) is 3.97. The van der Waals surface area contributed by atoms with Gasteiger partial charge in [-0.25, -0.2) is 0 Å². The van der Waals surface area contributed by atoms with E-state index >= 15 is 0 Å². The molecule has 2 atom stereocenters. The number of carbonyl (C=O) groups is 1. The molecule has 0 aromatic rings. The third kappa shape index (κ3) is 1.70. The molecule has 4 aliphatic carbocycles. The van der Waals surface area contributed by atoms with Crippen LogP contribution in [0.4, 0.5) is 0 Å². The van der Waals surface area contributed by atoms with E-state index in [0.717, 1.165) is 17.8 Å². The van der Waals surface area contributed by atoms with Crippen molar-refractivity contribution in [2.24, 2.45) is 23.2 Å². The van der Waals surface area contributed by atoms with Gasteiger partial charge >= 0.3 is 0 Å². The van der Waals surface area contributed by atoms with Crippen LogP contribution in [0.2, 0.25) is 0 Å². The molecule has 5 aliphatic rings. The lowest BCUT2D eigenvalue weighted by Gasteiger charge is -2.60. The zero-order valence-corrected chi connectivity index (χ0v) is 12.2. The second-order valence-corrected chi connectivity index (χ2v) is 7.81. The second-order valence-electron chi connectivity index (χ2n) is 7.81. The normalized spacial score (nSPS) is 50.0. The van der Waals surface area contributed by atoms with Crippen LogP contribution in [0.15, 0.2) is 0 Å². The fourth-order valence-corrected chi connectivity index (χ4v) is 6.18. The molecule has 5 rings (SSSR count). The standard InChI is InChI=1S/C16H26N2O/c1-10(18-11(2)17-9-15(18)19)16-6-12-3-13(7-16)5-14(4-12)8-16/h10-14,17H,3-9H2,1-2H3. The van der Waals surface area contributed by atoms with Gasteiger partial charge in [-0.15, -0.1) is 0 Å². The number of nitrogens with zero attached hydrogens (tertiary/aromatic N) is 1. The third-order valence-electron chi connectivity index (χ3n) is 6.64. The van der Waals surface area contributed by atoms with Crippen LogP contribution in [0.1, 0.15) is 52.4 Å². The van der Waals surface area contributed by atoms with Crippen molar-refractivity contribution in [2.45, 2.75) is 64.6 Å². The van der Waals surface area contributed by atoms with Gasteiger partial charge in [0.2, 0.25) is 5.91 Å². The first kappa shape index (κ1) is 12.2. The minimum atomic E-state index is 0.232. The van der Waals surface area contributed by atoms with Gasteiger partial charge in [-0.1, -0.05) is 0 Å². The van der Waals surface area contributed by atoms with E-state index in [1.807, 2.05) is 0 Å². The summed E-state index contributed by atoms with van der Waals surface area (Å²) in [5.74, 6) is 3.22. The molecule has 5 fully saturated rings. The van der Waals surface area contributed by atoms with Crippen LogP contribution in [-0.2, 0) is 4.79 Å². The van der Waals surface area contributed by atoms with Gasteiger partial charge in [-0.05, 0) is 75.5 Å². The molecule has 4 saturated carbocycles. The number of hydrogen-bond donors (Lipinski definition) is 1. The van der Waals surface area contributed by atoms with E-state index in [9.17, 15) is 4.79 Å². The topological polar surface area (TPSA) is 32.3 Å². The molecule has 1 N–H and O–H groups in total. The highest BCUT2D eigenvalue weighted by atomic mass is 16.2. The largest absolute Gasteiger partial charge is 0.323 e. The van der Waals surface area contributed by atoms with Crippen molar-refractivity contribution < 1.29 is 4.79 Å². The summed E-state index contributed by atoms with van der Waals surface area (Å²) in [7, 11) is 0. The van der Waals surface area contributed by atoms with Crippen molar-refractivity contribution in [2.75, 3.05) is 6.54 Å². The maximum absolute atomic E-state index is 12.2. The smallest absolute Gasteiger partial charge is 0.238 e. The van der Waals surface area contributed by atoms with Crippen LogP contribution < -0.4 is 5.32 Å². The van der Waals surface area contributed by atoms with Crippen LogP contribution in [0.3, 0.4) is 0 Å². The molecular weight excluding hydrogens is 236 g/mol. The predicted molar refractivity (Wildman–Crippen MR) is 74.4 cm³/mol. The van der Waals surface area contributed by atoms with Gasteiger partial charge in [0.05, 0.1) is 12.7 Å². The van der Waals surface area contributed by atoms with Crippen molar-refractivity contribution in [3.8, 4) is 0 Å². The average Bonchev–Trinajstić information content (AvgIpc) is 2.66. The molecule has 3 heteroatoms. The molecule has 3 nitrogen and oxygen atoms in total. The summed E-state index contributed by atoms with van der Waals surface area (Å²) in [5.41, 5.74) is 0.449. The Balaban J connectivity index is 1.62. The summed E-state index contributed by atoms with van der Waals surface area (Å²) in [6, 6.07) is 0.429. The van der Waals surface area contributed by atoms with Crippen LogP contribution in [0.5, 0.6) is 0 Å². The van der Waals surface area contributed by atoms with Crippen molar-refractivity contribution in [1.82, 2.24) is 10.2 Å². The first-order chi connectivity index (χ1) is 9.07. The van der Waals surface area contributed by atoms with Crippen molar-refractivity contribution in [1.29, 1.82) is 0 Å². The van der Waals surface area contributed by atoms with Gasteiger partial charge < -0.3 is 4.90 Å². The number of nitrogens with one attached hydrogen (secondary N) is 1. The van der Waals surface area contributed by atoms with Crippen LogP contribution >= 0.6 is 0 Å². The van der Waals surface area contributed by atoms with E-state index in [4.69, 9.17) is 0 Å². The summed E-state index contributed by atoms with van der Waals surface area (Å²) in [6.07, 6.45) is 8.83. The lowest BCUT2D eigenvalue weighted by atomic mass is 9.47. The summed E-state index contributed by atoms with van der Waals surface area (Å²) >= 11 is 0. The average molecular weight is 262 g/mol. The monoisotopic (exact) mass is 262 g/mol. The SMILES string of the molecule is CC1NCC(=O)N1C(C)C12CC3CC(CC(C3)C1)C2. The molecule has 1 heterocycles. The molecule has 2 unspecified atom stereocenters. The van der Waals surface area contributed by atoms with E-state index in [1.54, 1.807) is 0 Å². The third-order valence-corrected chi connectivity index (χ3v) is 6.64. The quantitative estimate of drug-likeness (QED) is 0.828. The van der Waals surface area contributed by atoms with E-state index < -0.39 is 0 Å². The molecule has 0 aromatic heterocycles. The number of amides is 1. The van der Waals surface area contributed by atoms with Crippen LogP contribution in [-0.4, -0.2) is 29.6 Å². The lowest BCUT2D eigenvalue weighted by molar-refractivity contribution is -0.142. The number of hydrogen-bond acceptors (Lipinski definition) is 2. The Hall–Kier alpha value is -0.570. The molecule has 106 valence electrons. The fraction of sp³-hybridized carbons (Fsp3) is 0.938. The van der Waals surface area contributed by atoms with Gasteiger partial charge in [0.1, 0.15) is 0 Å². The Morgan fingerprint density at radius 1 is 1.16 bits per heavy atom. The number of carbonyl (C=O) groups excluding carboxylic acids is 1. The summed E-state index contributed by atoms with van der Waals surface area (Å²) in [4.78, 5) is 14.3. The summed E-state index contributed by atoms with van der Waals surface area (Å²) < 4.78 is 0. The summed E-state index contributed by atoms with van der Waals surface area (Å²) in [6.45, 7) is 5.01. The Kier molecular flexibility index (Phi) is 2.55. The van der Waals surface area contributed by atoms with Crippen molar-refractivity contribution >= 4 is 5.91 Å². The zero-order valence-electron chi connectivity index (χ0n) is 12.2. The minimum Gasteiger partial charge on any atom is -0.323 e. The fourth-order valence-electron chi connectivity index (χ4n) is 6.18. The van der Waals surface area contributed by atoms with Crippen LogP contribution in [0, 0.1) is 23.2 Å². The van der Waals surface area contributed by atoms with Crippen molar-refractivity contribution in [3.63, 3.8) is 0 Å². The molecule has 4 bridgehead atoms. The number of rotatable bonds is 2. The van der Waals surface area contributed by atoms with Gasteiger partial charge in [0, 0.05) is 6.04 Å². The first-order valence-electron chi connectivity index (χ1n) is 8.12. The Morgan fingerprint density at radius 3 is 2.11 bits per heavy atom. The van der Waals surface area contributed by atoms with Gasteiger partial charge in [-0.3, -0.25) is 10.1 Å². The minimum absolute atomic E-state index is 0.232. The molecule has 19 heavy (non-hydrogen) atoms. The highest BCUT2D eigenvalue weighted by Crippen LogP contribution is 2.62. The first-order valence-corrected chi connectivity index (χ1v) is 8.12. The van der Waals surface area contributed by atoms with E-state index in [0.29, 0.717) is 23.9 Å². The van der Waals surface area contributed by atoms with E-state index in [-0.39, 0.29) is 6.17 Å². The predicted octanol–water partition coefficient (Wildman–Crippen LogP) is 2.37. The summed E-state index contributed by atoms with van der Waals surface area (Å²) in [5, 5.41) is 3.31. The molecule has 0 spiro atoms. The van der Waals surface area contributed by atoms with Gasteiger partial charge in [-0.2, -0.15) is 0 Å². The lowest BCUT2D eigenvalue weighted by Crippen LogP contribution is -2.57. The van der Waals surface area contributed by atoms with Gasteiger partial charge in [0.15, 0.2) is 0 Å². The molecular formula is C16H26N2O. The maximum atomic E-state index is 12.2. The molecule has 1 aliphatic heterocycles. The van der Waals surface area contributed by atoms with Gasteiger partial charge in [0.25, 0.3) is 0 Å². The molecule has 0 aromatic carbocycles. The molecule has 0 radical (unpaired) electrons. The Labute approximate surface area is 116 Å². The highest BCUT2D eigenvalue weighted by Gasteiger charge is 2.55. The molecule has 1 amide bonds. The maximum Gasteiger partial charge on any atom is 0.238 e. The Bertz CT molecular complexity index is 370. The van der Waals surface area contributed by atoms with E-state index in [2.05, 4.69) is 24.1 Å². The van der Waals surface area contributed by atoms with Crippen LogP contribution in [0.25, 0.3) is 0 Å².